The number of aromatic amines is 1. The van der Waals surface area contributed by atoms with Crippen LogP contribution in [0.2, 0.25) is 0 Å². The number of H-pyrrole nitrogens is 1. The van der Waals surface area contributed by atoms with Gasteiger partial charge in [-0.25, -0.2) is 0 Å². The quantitative estimate of drug-likeness (QED) is 0.753. The Bertz CT molecular complexity index is 825. The fourth-order valence-electron chi connectivity index (χ4n) is 1.97. The molecule has 0 aliphatic rings. The van der Waals surface area contributed by atoms with Crippen LogP contribution in [-0.4, -0.2) is 9.55 Å². The Morgan fingerprint density at radius 3 is 3.05 bits per heavy atom. The molecular formula is C13H12N2O2S2. The SMILES string of the molecule is CCc1cc2c(=O)n(Cc3ccco3)c(=S)[nH]c2s1. The summed E-state index contributed by atoms with van der Waals surface area (Å²) in [6.45, 7) is 2.43. The van der Waals surface area contributed by atoms with Crippen molar-refractivity contribution in [2.75, 3.05) is 0 Å². The second kappa shape index (κ2) is 4.79. The van der Waals surface area contributed by atoms with Gasteiger partial charge in [0.05, 0.1) is 18.2 Å². The van der Waals surface area contributed by atoms with E-state index < -0.39 is 0 Å². The molecule has 0 spiro atoms. The van der Waals surface area contributed by atoms with Crippen LogP contribution < -0.4 is 5.56 Å². The molecule has 0 unspecified atom stereocenters. The second-order valence-corrected chi connectivity index (χ2v) is 5.73. The Hall–Kier alpha value is -1.66. The van der Waals surface area contributed by atoms with E-state index in [4.69, 9.17) is 16.6 Å². The van der Waals surface area contributed by atoms with Gasteiger partial charge >= 0.3 is 0 Å². The molecule has 4 nitrogen and oxygen atoms in total. The number of nitrogens with zero attached hydrogens (tertiary/aromatic N) is 1. The average Bonchev–Trinajstić information content (AvgIpc) is 3.03. The Labute approximate surface area is 118 Å². The molecule has 98 valence electrons. The normalized spacial score (nSPS) is 11.2. The molecule has 19 heavy (non-hydrogen) atoms. The monoisotopic (exact) mass is 292 g/mol. The maximum Gasteiger partial charge on any atom is 0.263 e. The molecule has 0 aliphatic carbocycles. The first-order valence-electron chi connectivity index (χ1n) is 5.97. The molecule has 0 aliphatic heterocycles. The van der Waals surface area contributed by atoms with Crippen molar-refractivity contribution in [1.29, 1.82) is 0 Å². The van der Waals surface area contributed by atoms with Gasteiger partial charge in [0.1, 0.15) is 10.6 Å². The predicted molar refractivity (Wildman–Crippen MR) is 78.5 cm³/mol. The molecule has 3 heterocycles. The topological polar surface area (TPSA) is 50.9 Å². The average molecular weight is 292 g/mol. The Balaban J connectivity index is 2.19. The maximum atomic E-state index is 12.4. The minimum absolute atomic E-state index is 0.0638. The van der Waals surface area contributed by atoms with Gasteiger partial charge in [0.15, 0.2) is 4.77 Å². The van der Waals surface area contributed by atoms with Crippen LogP contribution in [0, 0.1) is 4.77 Å². The summed E-state index contributed by atoms with van der Waals surface area (Å²) in [6.07, 6.45) is 2.50. The number of rotatable bonds is 3. The highest BCUT2D eigenvalue weighted by Gasteiger charge is 2.10. The number of nitrogens with one attached hydrogen (secondary N) is 1. The number of fused-ring (bicyclic) bond motifs is 1. The molecule has 3 aromatic rings. The summed E-state index contributed by atoms with van der Waals surface area (Å²) in [5.41, 5.74) is -0.0638. The lowest BCUT2D eigenvalue weighted by molar-refractivity contribution is 0.487. The Morgan fingerprint density at radius 2 is 2.37 bits per heavy atom. The Kier molecular flexibility index (Phi) is 3.12. The zero-order valence-corrected chi connectivity index (χ0v) is 11.9. The molecule has 6 heteroatoms. The summed E-state index contributed by atoms with van der Waals surface area (Å²) < 4.78 is 7.23. The third-order valence-electron chi connectivity index (χ3n) is 2.97. The van der Waals surface area contributed by atoms with Gasteiger partial charge in [-0.3, -0.25) is 9.36 Å². The third-order valence-corrected chi connectivity index (χ3v) is 4.48. The maximum absolute atomic E-state index is 12.4. The van der Waals surface area contributed by atoms with Crippen LogP contribution in [-0.2, 0) is 13.0 Å². The number of aromatic nitrogens is 2. The van der Waals surface area contributed by atoms with E-state index in [9.17, 15) is 4.79 Å². The molecule has 0 saturated carbocycles. The molecular weight excluding hydrogens is 280 g/mol. The van der Waals surface area contributed by atoms with Crippen molar-refractivity contribution in [3.63, 3.8) is 0 Å². The first-order chi connectivity index (χ1) is 9.19. The van der Waals surface area contributed by atoms with Crippen LogP contribution >= 0.6 is 23.6 Å². The molecule has 3 rings (SSSR count). The summed E-state index contributed by atoms with van der Waals surface area (Å²) >= 11 is 6.84. The van der Waals surface area contributed by atoms with Crippen LogP contribution in [0.5, 0.6) is 0 Å². The summed E-state index contributed by atoms with van der Waals surface area (Å²) in [5, 5.41) is 0.696. The molecule has 3 aromatic heterocycles. The molecule has 0 amide bonds. The number of thiophene rings is 1. The summed E-state index contributed by atoms with van der Waals surface area (Å²) in [4.78, 5) is 17.6. The Morgan fingerprint density at radius 1 is 1.53 bits per heavy atom. The lowest BCUT2D eigenvalue weighted by Gasteiger charge is -2.03. The van der Waals surface area contributed by atoms with Crippen LogP contribution in [0.4, 0.5) is 0 Å². The van der Waals surface area contributed by atoms with Gasteiger partial charge in [-0.15, -0.1) is 11.3 Å². The van der Waals surface area contributed by atoms with Gasteiger partial charge in [-0.05, 0) is 36.8 Å². The molecule has 0 radical (unpaired) electrons. The van der Waals surface area contributed by atoms with Gasteiger partial charge in [0, 0.05) is 4.88 Å². The van der Waals surface area contributed by atoms with Crippen LogP contribution in [0.25, 0.3) is 10.2 Å². The number of aryl methyl sites for hydroxylation is 1. The zero-order valence-electron chi connectivity index (χ0n) is 10.3. The van der Waals surface area contributed by atoms with Crippen LogP contribution in [0.1, 0.15) is 17.6 Å². The minimum Gasteiger partial charge on any atom is -0.467 e. The number of hydrogen-bond acceptors (Lipinski definition) is 4. The molecule has 1 N–H and O–H groups in total. The molecule has 0 atom stereocenters. The highest BCUT2D eigenvalue weighted by Crippen LogP contribution is 2.21. The van der Waals surface area contributed by atoms with E-state index in [2.05, 4.69) is 11.9 Å². The largest absolute Gasteiger partial charge is 0.467 e. The van der Waals surface area contributed by atoms with E-state index >= 15 is 0 Å². The van der Waals surface area contributed by atoms with E-state index in [0.717, 1.165) is 11.3 Å². The first kappa shape index (κ1) is 12.4. The number of furan rings is 1. The molecule has 0 bridgehead atoms. The smallest absolute Gasteiger partial charge is 0.263 e. The van der Waals surface area contributed by atoms with Crippen molar-refractivity contribution in [3.05, 3.63) is 50.2 Å². The van der Waals surface area contributed by atoms with Crippen molar-refractivity contribution >= 4 is 33.8 Å². The van der Waals surface area contributed by atoms with Crippen molar-refractivity contribution in [1.82, 2.24) is 9.55 Å². The lowest BCUT2D eigenvalue weighted by Crippen LogP contribution is -2.21. The van der Waals surface area contributed by atoms with Crippen molar-refractivity contribution in [2.45, 2.75) is 19.9 Å². The number of hydrogen-bond donors (Lipinski definition) is 1. The van der Waals surface area contributed by atoms with Crippen molar-refractivity contribution in [2.24, 2.45) is 0 Å². The van der Waals surface area contributed by atoms with Gasteiger partial charge in [-0.1, -0.05) is 6.92 Å². The molecule has 0 saturated heterocycles. The highest BCUT2D eigenvalue weighted by atomic mass is 32.1. The van der Waals surface area contributed by atoms with E-state index in [0.29, 0.717) is 22.5 Å². The van der Waals surface area contributed by atoms with Crippen molar-refractivity contribution in [3.8, 4) is 0 Å². The fraction of sp³-hybridized carbons (Fsp3) is 0.231. The van der Waals surface area contributed by atoms with E-state index in [1.807, 2.05) is 12.1 Å². The first-order valence-corrected chi connectivity index (χ1v) is 7.19. The fourth-order valence-corrected chi connectivity index (χ4v) is 3.27. The predicted octanol–water partition coefficient (Wildman–Crippen LogP) is 3.32. The van der Waals surface area contributed by atoms with Crippen LogP contribution in [0.15, 0.2) is 33.7 Å². The third kappa shape index (κ3) is 2.17. The van der Waals surface area contributed by atoms with Gasteiger partial charge in [-0.2, -0.15) is 0 Å². The van der Waals surface area contributed by atoms with Crippen molar-refractivity contribution < 1.29 is 4.42 Å². The van der Waals surface area contributed by atoms with Gasteiger partial charge in [0.2, 0.25) is 0 Å². The summed E-state index contributed by atoms with van der Waals surface area (Å²) in [5.74, 6) is 0.715. The van der Waals surface area contributed by atoms with Gasteiger partial charge < -0.3 is 9.40 Å². The highest BCUT2D eigenvalue weighted by molar-refractivity contribution is 7.71. The molecule has 0 fully saturated rings. The standard InChI is InChI=1S/C13H12N2O2S2/c1-2-9-6-10-11(19-9)14-13(18)15(12(10)16)7-8-4-3-5-17-8/h3-6H,2,7H2,1H3,(H,14,18). The van der Waals surface area contributed by atoms with Crippen LogP contribution in [0.3, 0.4) is 0 Å². The van der Waals surface area contributed by atoms with E-state index in [1.165, 1.54) is 9.44 Å². The zero-order chi connectivity index (χ0) is 13.4. The van der Waals surface area contributed by atoms with Gasteiger partial charge in [0.25, 0.3) is 5.56 Å². The second-order valence-electron chi connectivity index (χ2n) is 4.21. The van der Waals surface area contributed by atoms with E-state index in [1.54, 1.807) is 23.7 Å². The lowest BCUT2D eigenvalue weighted by atomic mass is 10.3. The summed E-state index contributed by atoms with van der Waals surface area (Å²) in [6, 6.07) is 5.56. The van der Waals surface area contributed by atoms with E-state index in [-0.39, 0.29) is 5.56 Å². The minimum atomic E-state index is -0.0638. The summed E-state index contributed by atoms with van der Waals surface area (Å²) in [7, 11) is 0. The molecule has 0 aromatic carbocycles.